The smallest absolute Gasteiger partial charge is 0.0337 e. The van der Waals surface area contributed by atoms with Gasteiger partial charge in [0.1, 0.15) is 0 Å². The van der Waals surface area contributed by atoms with Gasteiger partial charge in [0.05, 0.1) is 0 Å². The van der Waals surface area contributed by atoms with Crippen LogP contribution in [0.3, 0.4) is 0 Å². The van der Waals surface area contributed by atoms with Gasteiger partial charge >= 0.3 is 0 Å². The molecule has 0 aliphatic heterocycles. The van der Waals surface area contributed by atoms with Gasteiger partial charge < -0.3 is 10.6 Å². The maximum Gasteiger partial charge on any atom is 0.0337 e. The molecule has 106 valence electrons. The molecule has 0 saturated heterocycles. The third-order valence-electron chi connectivity index (χ3n) is 3.69. The van der Waals surface area contributed by atoms with Gasteiger partial charge in [-0.3, -0.25) is 0 Å². The Hall–Kier alpha value is -1.80. The van der Waals surface area contributed by atoms with Gasteiger partial charge in [0.25, 0.3) is 0 Å². The Labute approximate surface area is 122 Å². The van der Waals surface area contributed by atoms with Gasteiger partial charge in [0, 0.05) is 31.2 Å². The zero-order valence-corrected chi connectivity index (χ0v) is 12.6. The fraction of sp³-hybridized carbons (Fsp3) is 0.333. The number of hydrogen-bond acceptors (Lipinski definition) is 2. The topological polar surface area (TPSA) is 24.1 Å². The van der Waals surface area contributed by atoms with Crippen molar-refractivity contribution in [3.05, 3.63) is 65.7 Å². The van der Waals surface area contributed by atoms with Crippen LogP contribution in [-0.2, 0) is 12.0 Å². The van der Waals surface area contributed by atoms with Crippen LogP contribution in [0.15, 0.2) is 54.6 Å². The van der Waals surface area contributed by atoms with E-state index in [1.807, 2.05) is 7.05 Å². The average Bonchev–Trinajstić information content (AvgIpc) is 2.49. The van der Waals surface area contributed by atoms with E-state index in [1.54, 1.807) is 0 Å². The third-order valence-corrected chi connectivity index (χ3v) is 3.69. The third kappa shape index (κ3) is 3.84. The monoisotopic (exact) mass is 268 g/mol. The summed E-state index contributed by atoms with van der Waals surface area (Å²) in [4.78, 5) is 0. The highest BCUT2D eigenvalue weighted by Gasteiger charge is 2.19. The molecule has 2 aromatic carbocycles. The summed E-state index contributed by atoms with van der Waals surface area (Å²) < 4.78 is 0. The highest BCUT2D eigenvalue weighted by atomic mass is 14.9. The zero-order chi connectivity index (χ0) is 14.4. The van der Waals surface area contributed by atoms with E-state index in [4.69, 9.17) is 0 Å². The lowest BCUT2D eigenvalue weighted by atomic mass is 9.84. The van der Waals surface area contributed by atoms with E-state index in [-0.39, 0.29) is 5.41 Å². The lowest BCUT2D eigenvalue weighted by molar-refractivity contribution is 0.469. The first-order valence-electron chi connectivity index (χ1n) is 7.15. The first-order chi connectivity index (χ1) is 9.62. The van der Waals surface area contributed by atoms with Gasteiger partial charge in [-0.15, -0.1) is 0 Å². The van der Waals surface area contributed by atoms with Gasteiger partial charge in [-0.1, -0.05) is 56.3 Å². The van der Waals surface area contributed by atoms with Crippen LogP contribution in [0.25, 0.3) is 0 Å². The van der Waals surface area contributed by atoms with Crippen LogP contribution in [0.1, 0.15) is 25.0 Å². The molecule has 0 bridgehead atoms. The predicted molar refractivity (Wildman–Crippen MR) is 87.2 cm³/mol. The minimum absolute atomic E-state index is 0.145. The van der Waals surface area contributed by atoms with Crippen molar-refractivity contribution >= 4 is 5.69 Å². The SMILES string of the molecule is CNc1ccc(CNCC(C)(C)c2ccccc2)cc1. The standard InChI is InChI=1S/C18H24N2/c1-18(2,16-7-5-4-6-8-16)14-20-13-15-9-11-17(19-3)12-10-15/h4-12,19-20H,13-14H2,1-3H3. The average molecular weight is 268 g/mol. The molecule has 2 heteroatoms. The molecule has 0 atom stereocenters. The van der Waals surface area contributed by atoms with Crippen molar-refractivity contribution in [1.82, 2.24) is 5.32 Å². The lowest BCUT2D eigenvalue weighted by Gasteiger charge is -2.25. The molecule has 0 aliphatic rings. The maximum atomic E-state index is 3.56. The minimum Gasteiger partial charge on any atom is -0.388 e. The van der Waals surface area contributed by atoms with E-state index in [2.05, 4.69) is 79.1 Å². The van der Waals surface area contributed by atoms with Crippen LogP contribution in [0.2, 0.25) is 0 Å². The Morgan fingerprint density at radius 3 is 2.15 bits per heavy atom. The summed E-state index contributed by atoms with van der Waals surface area (Å²) in [6.45, 7) is 6.42. The van der Waals surface area contributed by atoms with Crippen molar-refractivity contribution in [3.8, 4) is 0 Å². The molecule has 0 fully saturated rings. The van der Waals surface area contributed by atoms with Crippen molar-refractivity contribution in [2.24, 2.45) is 0 Å². The molecule has 2 nitrogen and oxygen atoms in total. The first kappa shape index (κ1) is 14.6. The number of benzene rings is 2. The van der Waals surface area contributed by atoms with Crippen LogP contribution < -0.4 is 10.6 Å². The highest BCUT2D eigenvalue weighted by molar-refractivity contribution is 5.43. The summed E-state index contributed by atoms with van der Waals surface area (Å²) in [5, 5.41) is 6.69. The second-order valence-corrected chi connectivity index (χ2v) is 5.80. The first-order valence-corrected chi connectivity index (χ1v) is 7.15. The molecule has 0 radical (unpaired) electrons. The minimum atomic E-state index is 0.145. The van der Waals surface area contributed by atoms with Crippen LogP contribution in [-0.4, -0.2) is 13.6 Å². The number of nitrogens with one attached hydrogen (secondary N) is 2. The molecule has 0 heterocycles. The molecule has 2 rings (SSSR count). The van der Waals surface area contributed by atoms with E-state index in [0.717, 1.165) is 18.8 Å². The summed E-state index contributed by atoms with van der Waals surface area (Å²) in [7, 11) is 1.94. The zero-order valence-electron chi connectivity index (χ0n) is 12.6. The van der Waals surface area contributed by atoms with Gasteiger partial charge in [0.2, 0.25) is 0 Å². The number of hydrogen-bond donors (Lipinski definition) is 2. The number of rotatable bonds is 6. The van der Waals surface area contributed by atoms with Crippen LogP contribution >= 0.6 is 0 Å². The highest BCUT2D eigenvalue weighted by Crippen LogP contribution is 2.21. The van der Waals surface area contributed by atoms with E-state index < -0.39 is 0 Å². The molecular weight excluding hydrogens is 244 g/mol. The summed E-state index contributed by atoms with van der Waals surface area (Å²) in [6, 6.07) is 19.2. The van der Waals surface area contributed by atoms with Crippen LogP contribution in [0.4, 0.5) is 5.69 Å². The fourth-order valence-electron chi connectivity index (χ4n) is 2.30. The Morgan fingerprint density at radius 1 is 0.900 bits per heavy atom. The molecular formula is C18H24N2. The van der Waals surface area contributed by atoms with Crippen molar-refractivity contribution in [3.63, 3.8) is 0 Å². The van der Waals surface area contributed by atoms with Gasteiger partial charge in [-0.05, 0) is 23.3 Å². The van der Waals surface area contributed by atoms with Crippen molar-refractivity contribution < 1.29 is 0 Å². The predicted octanol–water partition coefficient (Wildman–Crippen LogP) is 3.80. The van der Waals surface area contributed by atoms with E-state index in [1.165, 1.54) is 11.1 Å². The largest absolute Gasteiger partial charge is 0.388 e. The molecule has 0 saturated carbocycles. The second-order valence-electron chi connectivity index (χ2n) is 5.80. The molecule has 2 aromatic rings. The Kier molecular flexibility index (Phi) is 4.80. The van der Waals surface area contributed by atoms with Gasteiger partial charge in [0.15, 0.2) is 0 Å². The molecule has 0 aromatic heterocycles. The van der Waals surface area contributed by atoms with E-state index in [0.29, 0.717) is 0 Å². The Morgan fingerprint density at radius 2 is 1.55 bits per heavy atom. The van der Waals surface area contributed by atoms with Crippen molar-refractivity contribution in [1.29, 1.82) is 0 Å². The van der Waals surface area contributed by atoms with Crippen molar-refractivity contribution in [2.75, 3.05) is 18.9 Å². The summed E-state index contributed by atoms with van der Waals surface area (Å²) >= 11 is 0. The molecule has 0 aliphatic carbocycles. The normalized spacial score (nSPS) is 11.3. The summed E-state index contributed by atoms with van der Waals surface area (Å²) in [5.74, 6) is 0. The van der Waals surface area contributed by atoms with Gasteiger partial charge in [-0.2, -0.15) is 0 Å². The quantitative estimate of drug-likeness (QED) is 0.833. The summed E-state index contributed by atoms with van der Waals surface area (Å²) in [5.41, 5.74) is 3.98. The van der Waals surface area contributed by atoms with Crippen LogP contribution in [0, 0.1) is 0 Å². The molecule has 0 amide bonds. The lowest BCUT2D eigenvalue weighted by Crippen LogP contribution is -2.32. The molecule has 0 unspecified atom stereocenters. The number of anilines is 1. The van der Waals surface area contributed by atoms with Crippen LogP contribution in [0.5, 0.6) is 0 Å². The molecule has 20 heavy (non-hydrogen) atoms. The summed E-state index contributed by atoms with van der Waals surface area (Å²) in [6.07, 6.45) is 0. The molecule has 2 N–H and O–H groups in total. The fourth-order valence-corrected chi connectivity index (χ4v) is 2.30. The molecule has 0 spiro atoms. The second kappa shape index (κ2) is 6.58. The van der Waals surface area contributed by atoms with E-state index >= 15 is 0 Å². The van der Waals surface area contributed by atoms with E-state index in [9.17, 15) is 0 Å². The Bertz CT molecular complexity index is 515. The maximum absolute atomic E-state index is 3.56. The Balaban J connectivity index is 1.88. The van der Waals surface area contributed by atoms with Gasteiger partial charge in [-0.25, -0.2) is 0 Å². The van der Waals surface area contributed by atoms with Crippen molar-refractivity contribution in [2.45, 2.75) is 25.8 Å².